The highest BCUT2D eigenvalue weighted by Crippen LogP contribution is 2.40. The fraction of sp³-hybridized carbons (Fsp3) is 0.273. The maximum absolute atomic E-state index is 13.8. The molecule has 0 saturated carbocycles. The molecule has 1 aromatic heterocycles. The molecule has 156 valence electrons. The van der Waals surface area contributed by atoms with Crippen LogP contribution in [0.5, 0.6) is 11.5 Å². The summed E-state index contributed by atoms with van der Waals surface area (Å²) in [6.45, 7) is 0.905. The Balaban J connectivity index is 1.96. The Morgan fingerprint density at radius 1 is 1.20 bits per heavy atom. The van der Waals surface area contributed by atoms with Crippen molar-refractivity contribution in [2.75, 3.05) is 34.3 Å². The minimum absolute atomic E-state index is 0.0464. The van der Waals surface area contributed by atoms with Crippen LogP contribution >= 0.6 is 0 Å². The molecule has 1 aliphatic rings. The number of nitrogens with zero attached hydrogens (tertiary/aromatic N) is 2. The number of amides is 1. The van der Waals surface area contributed by atoms with Gasteiger partial charge in [-0.15, -0.1) is 0 Å². The monoisotopic (exact) mass is 412 g/mol. The highest BCUT2D eigenvalue weighted by molar-refractivity contribution is 5.99. The summed E-state index contributed by atoms with van der Waals surface area (Å²) in [6, 6.07) is 7.56. The van der Waals surface area contributed by atoms with Crippen molar-refractivity contribution in [1.29, 1.82) is 0 Å². The van der Waals surface area contributed by atoms with E-state index in [0.717, 1.165) is 6.07 Å². The number of carbonyl (C=O) groups is 1. The molecule has 2 heterocycles. The first-order valence-corrected chi connectivity index (χ1v) is 9.40. The molecule has 0 fully saturated rings. The number of carbonyl (C=O) groups excluding carboxylic acids is 1. The van der Waals surface area contributed by atoms with Crippen molar-refractivity contribution >= 4 is 16.9 Å². The molecule has 1 aliphatic heterocycles. The van der Waals surface area contributed by atoms with E-state index in [1.807, 2.05) is 19.0 Å². The van der Waals surface area contributed by atoms with Crippen molar-refractivity contribution in [2.45, 2.75) is 6.04 Å². The number of likely N-dealkylation sites (N-methyl/N-ethyl adjacent to an activating group) is 1. The number of hydrogen-bond acceptors (Lipinski definition) is 6. The molecule has 1 unspecified atom stereocenters. The minimum Gasteiger partial charge on any atom is -0.504 e. The molecule has 30 heavy (non-hydrogen) atoms. The van der Waals surface area contributed by atoms with Crippen LogP contribution in [0.15, 0.2) is 45.6 Å². The number of aromatic hydroxyl groups is 1. The van der Waals surface area contributed by atoms with E-state index in [9.17, 15) is 19.1 Å². The number of phenols is 1. The van der Waals surface area contributed by atoms with E-state index < -0.39 is 23.2 Å². The van der Waals surface area contributed by atoms with Gasteiger partial charge in [-0.05, 0) is 50.0 Å². The van der Waals surface area contributed by atoms with E-state index in [4.69, 9.17) is 9.15 Å². The predicted molar refractivity (Wildman–Crippen MR) is 109 cm³/mol. The van der Waals surface area contributed by atoms with Crippen LogP contribution in [0.25, 0.3) is 11.0 Å². The van der Waals surface area contributed by atoms with E-state index in [2.05, 4.69) is 0 Å². The van der Waals surface area contributed by atoms with Gasteiger partial charge in [0.25, 0.3) is 5.91 Å². The molecule has 1 N–H and O–H groups in total. The third kappa shape index (κ3) is 3.19. The summed E-state index contributed by atoms with van der Waals surface area (Å²) in [7, 11) is 5.18. The zero-order valence-electron chi connectivity index (χ0n) is 16.8. The van der Waals surface area contributed by atoms with Gasteiger partial charge in [-0.3, -0.25) is 9.59 Å². The van der Waals surface area contributed by atoms with Crippen LogP contribution in [0.1, 0.15) is 27.7 Å². The molecular formula is C22H21FN2O5. The Hall–Kier alpha value is -3.39. The SMILES string of the molecule is COc1cc(C2c3c(oc4ccc(F)cc4c3=O)C(=O)N2CCN(C)C)ccc1O. The Morgan fingerprint density at radius 2 is 1.97 bits per heavy atom. The molecule has 1 amide bonds. The molecule has 8 heteroatoms. The summed E-state index contributed by atoms with van der Waals surface area (Å²) < 4.78 is 24.8. The topological polar surface area (TPSA) is 83.2 Å². The van der Waals surface area contributed by atoms with Gasteiger partial charge < -0.3 is 24.1 Å². The normalized spacial score (nSPS) is 15.8. The fourth-order valence-corrected chi connectivity index (χ4v) is 3.74. The molecule has 0 radical (unpaired) electrons. The molecule has 1 atom stereocenters. The second-order valence-corrected chi connectivity index (χ2v) is 7.45. The van der Waals surface area contributed by atoms with Gasteiger partial charge in [0.15, 0.2) is 16.9 Å². The van der Waals surface area contributed by atoms with Crippen LogP contribution in [0.3, 0.4) is 0 Å². The van der Waals surface area contributed by atoms with Crippen molar-refractivity contribution in [3.05, 3.63) is 69.3 Å². The zero-order valence-corrected chi connectivity index (χ0v) is 16.8. The van der Waals surface area contributed by atoms with Crippen molar-refractivity contribution in [3.63, 3.8) is 0 Å². The maximum Gasteiger partial charge on any atom is 0.290 e. The lowest BCUT2D eigenvalue weighted by molar-refractivity contribution is 0.0716. The Morgan fingerprint density at radius 3 is 2.67 bits per heavy atom. The third-order valence-corrected chi connectivity index (χ3v) is 5.24. The standard InChI is InChI=1S/C22H21FN2O5/c1-24(2)8-9-25-19(12-4-6-15(26)17(10-12)29-3)18-20(27)14-11-13(23)5-7-16(14)30-21(18)22(25)28/h4-7,10-11,19,26H,8-9H2,1-3H3. The van der Waals surface area contributed by atoms with Gasteiger partial charge in [0.2, 0.25) is 5.76 Å². The molecule has 7 nitrogen and oxygen atoms in total. The van der Waals surface area contributed by atoms with Crippen LogP contribution in [-0.4, -0.2) is 55.1 Å². The van der Waals surface area contributed by atoms with Crippen LogP contribution in [-0.2, 0) is 0 Å². The first kappa shape index (κ1) is 19.9. The Bertz CT molecular complexity index is 1200. The first-order chi connectivity index (χ1) is 14.3. The third-order valence-electron chi connectivity index (χ3n) is 5.24. The van der Waals surface area contributed by atoms with Gasteiger partial charge in [-0.1, -0.05) is 6.07 Å². The Labute approximate surface area is 171 Å². The number of ether oxygens (including phenoxy) is 1. The second-order valence-electron chi connectivity index (χ2n) is 7.45. The van der Waals surface area contributed by atoms with Crippen LogP contribution in [0, 0.1) is 5.82 Å². The number of rotatable bonds is 5. The average Bonchev–Trinajstić information content (AvgIpc) is 2.99. The summed E-state index contributed by atoms with van der Waals surface area (Å²) in [6.07, 6.45) is 0. The summed E-state index contributed by atoms with van der Waals surface area (Å²) in [5.74, 6) is -0.857. The number of methoxy groups -OCH3 is 1. The quantitative estimate of drug-likeness (QED) is 0.694. The highest BCUT2D eigenvalue weighted by atomic mass is 19.1. The fourth-order valence-electron chi connectivity index (χ4n) is 3.74. The molecule has 0 saturated heterocycles. The summed E-state index contributed by atoms with van der Waals surface area (Å²) in [5.41, 5.74) is 0.441. The van der Waals surface area contributed by atoms with Crippen molar-refractivity contribution in [1.82, 2.24) is 9.80 Å². The number of hydrogen-bond donors (Lipinski definition) is 1. The molecule has 3 aromatic rings. The maximum atomic E-state index is 13.8. The lowest BCUT2D eigenvalue weighted by atomic mass is 9.98. The van der Waals surface area contributed by atoms with Gasteiger partial charge in [-0.2, -0.15) is 0 Å². The van der Waals surface area contributed by atoms with Crippen molar-refractivity contribution in [3.8, 4) is 11.5 Å². The largest absolute Gasteiger partial charge is 0.504 e. The van der Waals surface area contributed by atoms with E-state index in [0.29, 0.717) is 18.7 Å². The molecule has 2 aromatic carbocycles. The van der Waals surface area contributed by atoms with Gasteiger partial charge in [0.05, 0.1) is 24.1 Å². The van der Waals surface area contributed by atoms with E-state index in [1.165, 1.54) is 25.3 Å². The highest BCUT2D eigenvalue weighted by Gasteiger charge is 2.42. The first-order valence-electron chi connectivity index (χ1n) is 9.40. The van der Waals surface area contributed by atoms with Gasteiger partial charge >= 0.3 is 0 Å². The smallest absolute Gasteiger partial charge is 0.290 e. The zero-order chi connectivity index (χ0) is 21.6. The van der Waals surface area contributed by atoms with Crippen molar-refractivity contribution < 1.29 is 23.4 Å². The summed E-state index contributed by atoms with van der Waals surface area (Å²) in [4.78, 5) is 30.0. The van der Waals surface area contributed by atoms with Crippen LogP contribution < -0.4 is 10.2 Å². The van der Waals surface area contributed by atoms with E-state index in [1.54, 1.807) is 17.0 Å². The van der Waals surface area contributed by atoms with Gasteiger partial charge in [0, 0.05) is 13.1 Å². The lowest BCUT2D eigenvalue weighted by Crippen LogP contribution is -2.35. The van der Waals surface area contributed by atoms with E-state index in [-0.39, 0.29) is 33.8 Å². The Kier molecular flexibility index (Phi) is 4.95. The van der Waals surface area contributed by atoms with Crippen LogP contribution in [0.4, 0.5) is 4.39 Å². The molecular weight excluding hydrogens is 391 g/mol. The average molecular weight is 412 g/mol. The van der Waals surface area contributed by atoms with Gasteiger partial charge in [0.1, 0.15) is 11.4 Å². The molecule has 0 spiro atoms. The second kappa shape index (κ2) is 7.46. The van der Waals surface area contributed by atoms with Crippen LogP contribution in [0.2, 0.25) is 0 Å². The predicted octanol–water partition coefficient (Wildman–Crippen LogP) is 2.75. The summed E-state index contributed by atoms with van der Waals surface area (Å²) in [5, 5.41) is 10.0. The lowest BCUT2D eigenvalue weighted by Gasteiger charge is -2.26. The molecule has 0 bridgehead atoms. The minimum atomic E-state index is -0.745. The summed E-state index contributed by atoms with van der Waals surface area (Å²) >= 11 is 0. The van der Waals surface area contributed by atoms with Crippen molar-refractivity contribution in [2.24, 2.45) is 0 Å². The number of halogens is 1. The molecule has 0 aliphatic carbocycles. The number of phenolic OH excluding ortho intramolecular Hbond substituents is 1. The molecule has 4 rings (SSSR count). The van der Waals surface area contributed by atoms with Gasteiger partial charge in [-0.25, -0.2) is 4.39 Å². The number of fused-ring (bicyclic) bond motifs is 2. The number of benzene rings is 2. The van der Waals surface area contributed by atoms with E-state index >= 15 is 0 Å².